The number of hydrogen-bond donors (Lipinski definition) is 2. The number of amides is 1. The Kier molecular flexibility index (Phi) is 3.78. The first-order valence-corrected chi connectivity index (χ1v) is 6.27. The topological polar surface area (TPSA) is 59.0 Å². The molecule has 5 nitrogen and oxygen atoms in total. The van der Waals surface area contributed by atoms with Gasteiger partial charge in [-0.15, -0.1) is 0 Å². The van der Waals surface area contributed by atoms with E-state index in [1.165, 1.54) is 0 Å². The van der Waals surface area contributed by atoms with Crippen LogP contribution in [0.15, 0.2) is 12.4 Å². The molecule has 1 amide bonds. The van der Waals surface area contributed by atoms with Crippen molar-refractivity contribution >= 4 is 5.91 Å². The van der Waals surface area contributed by atoms with Gasteiger partial charge in [-0.05, 0) is 26.7 Å². The highest BCUT2D eigenvalue weighted by molar-refractivity contribution is 5.82. The molecule has 1 aliphatic heterocycles. The van der Waals surface area contributed by atoms with Crippen molar-refractivity contribution in [3.05, 3.63) is 18.0 Å². The molecule has 1 aromatic heterocycles. The lowest BCUT2D eigenvalue weighted by Crippen LogP contribution is -2.48. The van der Waals surface area contributed by atoms with E-state index in [2.05, 4.69) is 29.6 Å². The molecule has 0 saturated carbocycles. The molecule has 0 bridgehead atoms. The molecule has 94 valence electrons. The van der Waals surface area contributed by atoms with E-state index in [0.29, 0.717) is 0 Å². The van der Waals surface area contributed by atoms with Crippen LogP contribution in [0.2, 0.25) is 0 Å². The Balaban J connectivity index is 1.95. The standard InChI is InChI=1S/C12H20N4O/c1-3-16-8-10(7-14-16)9(2)15-11-5-4-6-13-12(11)17/h7-9,11,15H,3-6H2,1-2H3,(H,13,17). The van der Waals surface area contributed by atoms with Gasteiger partial charge in [0.25, 0.3) is 0 Å². The summed E-state index contributed by atoms with van der Waals surface area (Å²) >= 11 is 0. The molecule has 1 saturated heterocycles. The van der Waals surface area contributed by atoms with Crippen LogP contribution in [0.5, 0.6) is 0 Å². The van der Waals surface area contributed by atoms with Gasteiger partial charge in [-0.2, -0.15) is 5.10 Å². The van der Waals surface area contributed by atoms with E-state index in [0.717, 1.165) is 31.5 Å². The average molecular weight is 236 g/mol. The lowest BCUT2D eigenvalue weighted by atomic mass is 10.0. The van der Waals surface area contributed by atoms with Crippen molar-refractivity contribution in [3.8, 4) is 0 Å². The van der Waals surface area contributed by atoms with E-state index in [1.807, 2.05) is 17.1 Å². The number of nitrogens with one attached hydrogen (secondary N) is 2. The zero-order chi connectivity index (χ0) is 12.3. The number of piperidine rings is 1. The van der Waals surface area contributed by atoms with Crippen LogP contribution in [0.4, 0.5) is 0 Å². The fraction of sp³-hybridized carbons (Fsp3) is 0.667. The molecule has 2 unspecified atom stereocenters. The molecule has 0 aromatic carbocycles. The summed E-state index contributed by atoms with van der Waals surface area (Å²) < 4.78 is 1.90. The zero-order valence-electron chi connectivity index (χ0n) is 10.4. The van der Waals surface area contributed by atoms with E-state index in [9.17, 15) is 4.79 Å². The van der Waals surface area contributed by atoms with Gasteiger partial charge in [0.15, 0.2) is 0 Å². The Morgan fingerprint density at radius 2 is 2.53 bits per heavy atom. The first-order valence-electron chi connectivity index (χ1n) is 6.27. The largest absolute Gasteiger partial charge is 0.355 e. The molecule has 2 atom stereocenters. The summed E-state index contributed by atoms with van der Waals surface area (Å²) in [4.78, 5) is 11.6. The van der Waals surface area contributed by atoms with Crippen molar-refractivity contribution in [1.82, 2.24) is 20.4 Å². The predicted molar refractivity (Wildman–Crippen MR) is 65.5 cm³/mol. The summed E-state index contributed by atoms with van der Waals surface area (Å²) in [5.41, 5.74) is 1.13. The Bertz CT molecular complexity index is 388. The number of carbonyl (C=O) groups excluding carboxylic acids is 1. The van der Waals surface area contributed by atoms with Crippen molar-refractivity contribution in [2.45, 2.75) is 45.3 Å². The van der Waals surface area contributed by atoms with Crippen LogP contribution in [0.25, 0.3) is 0 Å². The van der Waals surface area contributed by atoms with Gasteiger partial charge in [-0.1, -0.05) is 0 Å². The van der Waals surface area contributed by atoms with Crippen molar-refractivity contribution in [2.75, 3.05) is 6.54 Å². The maximum absolute atomic E-state index is 11.6. The van der Waals surface area contributed by atoms with Gasteiger partial charge in [0, 0.05) is 30.9 Å². The lowest BCUT2D eigenvalue weighted by Gasteiger charge is -2.25. The molecule has 1 aromatic rings. The van der Waals surface area contributed by atoms with Crippen molar-refractivity contribution in [1.29, 1.82) is 0 Å². The molecule has 5 heteroatoms. The maximum atomic E-state index is 11.6. The van der Waals surface area contributed by atoms with E-state index in [-0.39, 0.29) is 18.0 Å². The van der Waals surface area contributed by atoms with E-state index in [4.69, 9.17) is 0 Å². The molecule has 1 aliphatic rings. The van der Waals surface area contributed by atoms with Crippen molar-refractivity contribution in [2.24, 2.45) is 0 Å². The number of aryl methyl sites for hydroxylation is 1. The van der Waals surface area contributed by atoms with Gasteiger partial charge in [-0.25, -0.2) is 0 Å². The van der Waals surface area contributed by atoms with Gasteiger partial charge in [0.2, 0.25) is 5.91 Å². The highest BCUT2D eigenvalue weighted by atomic mass is 16.2. The van der Waals surface area contributed by atoms with E-state index >= 15 is 0 Å². The van der Waals surface area contributed by atoms with E-state index < -0.39 is 0 Å². The minimum atomic E-state index is -0.0660. The Morgan fingerprint density at radius 3 is 3.18 bits per heavy atom. The fourth-order valence-electron chi connectivity index (χ4n) is 2.11. The third-order valence-electron chi connectivity index (χ3n) is 3.21. The summed E-state index contributed by atoms with van der Waals surface area (Å²) in [6, 6.07) is 0.0906. The molecule has 1 fully saturated rings. The quantitative estimate of drug-likeness (QED) is 0.814. The molecule has 2 N–H and O–H groups in total. The first-order chi connectivity index (χ1) is 8.20. The van der Waals surface area contributed by atoms with E-state index in [1.54, 1.807) is 0 Å². The fourth-order valence-corrected chi connectivity index (χ4v) is 2.11. The van der Waals surface area contributed by atoms with Gasteiger partial charge >= 0.3 is 0 Å². The van der Waals surface area contributed by atoms with Crippen LogP contribution >= 0.6 is 0 Å². The first kappa shape index (κ1) is 12.1. The molecule has 2 rings (SSSR count). The Labute approximate surface area is 102 Å². The summed E-state index contributed by atoms with van der Waals surface area (Å²) in [6.07, 6.45) is 5.85. The number of rotatable bonds is 4. The summed E-state index contributed by atoms with van der Waals surface area (Å²) in [5.74, 6) is 0.117. The second-order valence-electron chi connectivity index (χ2n) is 4.50. The average Bonchev–Trinajstić information content (AvgIpc) is 2.81. The third kappa shape index (κ3) is 2.85. The molecule has 0 aliphatic carbocycles. The molecule has 17 heavy (non-hydrogen) atoms. The third-order valence-corrected chi connectivity index (χ3v) is 3.21. The monoisotopic (exact) mass is 236 g/mol. The van der Waals surface area contributed by atoms with Crippen molar-refractivity contribution in [3.63, 3.8) is 0 Å². The van der Waals surface area contributed by atoms with Crippen LogP contribution < -0.4 is 10.6 Å². The van der Waals surface area contributed by atoms with Crippen LogP contribution in [-0.2, 0) is 11.3 Å². The minimum absolute atomic E-state index is 0.0660. The number of aromatic nitrogens is 2. The van der Waals surface area contributed by atoms with Crippen LogP contribution in [0.1, 0.15) is 38.3 Å². The normalized spacial score (nSPS) is 22.2. The second-order valence-corrected chi connectivity index (χ2v) is 4.50. The highest BCUT2D eigenvalue weighted by Gasteiger charge is 2.23. The number of nitrogens with zero attached hydrogens (tertiary/aromatic N) is 2. The maximum Gasteiger partial charge on any atom is 0.237 e. The molecule has 0 spiro atoms. The van der Waals surface area contributed by atoms with Gasteiger partial charge < -0.3 is 5.32 Å². The predicted octanol–water partition coefficient (Wildman–Crippen LogP) is 0.832. The molecular weight excluding hydrogens is 216 g/mol. The Hall–Kier alpha value is -1.36. The highest BCUT2D eigenvalue weighted by Crippen LogP contribution is 2.14. The molecule has 2 heterocycles. The molecular formula is C12H20N4O. The second kappa shape index (κ2) is 5.31. The minimum Gasteiger partial charge on any atom is -0.355 e. The summed E-state index contributed by atoms with van der Waals surface area (Å²) in [7, 11) is 0. The zero-order valence-corrected chi connectivity index (χ0v) is 10.4. The number of carbonyl (C=O) groups is 1. The number of hydrogen-bond acceptors (Lipinski definition) is 3. The van der Waals surface area contributed by atoms with Crippen LogP contribution in [-0.4, -0.2) is 28.3 Å². The van der Waals surface area contributed by atoms with Crippen molar-refractivity contribution < 1.29 is 4.79 Å². The van der Waals surface area contributed by atoms with Crippen LogP contribution in [0.3, 0.4) is 0 Å². The summed E-state index contributed by atoms with van der Waals surface area (Å²) in [5, 5.41) is 10.5. The van der Waals surface area contributed by atoms with Gasteiger partial charge in [-0.3, -0.25) is 14.8 Å². The van der Waals surface area contributed by atoms with Crippen LogP contribution in [0, 0.1) is 0 Å². The van der Waals surface area contributed by atoms with Gasteiger partial charge in [0.1, 0.15) is 0 Å². The summed E-state index contributed by atoms with van der Waals surface area (Å²) in [6.45, 7) is 5.80. The van der Waals surface area contributed by atoms with Gasteiger partial charge in [0.05, 0.1) is 12.2 Å². The lowest BCUT2D eigenvalue weighted by molar-refractivity contribution is -0.124. The molecule has 0 radical (unpaired) electrons. The Morgan fingerprint density at radius 1 is 1.71 bits per heavy atom. The smallest absolute Gasteiger partial charge is 0.237 e. The SMILES string of the molecule is CCn1cc(C(C)NC2CCCNC2=O)cn1.